The molecule has 5 rings (SSSR count). The lowest BCUT2D eigenvalue weighted by molar-refractivity contribution is -0.137. The first-order valence-electron chi connectivity index (χ1n) is 11.9. The predicted molar refractivity (Wildman–Crippen MR) is 135 cm³/mol. The monoisotopic (exact) mass is 534 g/mol. The van der Waals surface area contributed by atoms with E-state index in [1.54, 1.807) is 4.90 Å². The summed E-state index contributed by atoms with van der Waals surface area (Å²) in [6.07, 6.45) is 1.46. The number of aromatic nitrogens is 3. The van der Waals surface area contributed by atoms with E-state index in [0.717, 1.165) is 30.5 Å². The minimum Gasteiger partial charge on any atom is -0.388 e. The summed E-state index contributed by atoms with van der Waals surface area (Å²) in [5, 5.41) is 11.7. The van der Waals surface area contributed by atoms with Gasteiger partial charge in [0, 0.05) is 56.2 Å². The van der Waals surface area contributed by atoms with E-state index in [2.05, 4.69) is 15.3 Å². The SMILES string of the molecule is CN(C)c1nc2nc([C@@H]3CCO[C@@H](/C(C=N)=C/NC4CC4)C3)nc(-c3ccc(C(F)(F)F)cc3F)c2s1. The molecular formula is C25H26F4N6OS. The fraction of sp³-hybridized carbons (Fsp3) is 0.440. The lowest BCUT2D eigenvalue weighted by Crippen LogP contribution is -2.29. The third kappa shape index (κ3) is 5.45. The van der Waals surface area contributed by atoms with Crippen molar-refractivity contribution < 1.29 is 22.3 Å². The highest BCUT2D eigenvalue weighted by atomic mass is 32.1. The van der Waals surface area contributed by atoms with E-state index in [4.69, 9.17) is 15.1 Å². The highest BCUT2D eigenvalue weighted by molar-refractivity contribution is 7.22. The molecule has 2 fully saturated rings. The molecule has 0 unspecified atom stereocenters. The van der Waals surface area contributed by atoms with Gasteiger partial charge in [-0.1, -0.05) is 11.3 Å². The van der Waals surface area contributed by atoms with Gasteiger partial charge in [0.25, 0.3) is 0 Å². The van der Waals surface area contributed by atoms with Crippen LogP contribution in [0.4, 0.5) is 22.7 Å². The van der Waals surface area contributed by atoms with Crippen molar-refractivity contribution in [2.24, 2.45) is 0 Å². The van der Waals surface area contributed by atoms with Crippen LogP contribution in [0.15, 0.2) is 30.0 Å². The van der Waals surface area contributed by atoms with Gasteiger partial charge in [0.05, 0.1) is 17.4 Å². The first-order chi connectivity index (χ1) is 17.6. The Morgan fingerprint density at radius 2 is 1.97 bits per heavy atom. The van der Waals surface area contributed by atoms with E-state index in [-0.39, 0.29) is 23.3 Å². The van der Waals surface area contributed by atoms with E-state index < -0.39 is 17.6 Å². The van der Waals surface area contributed by atoms with Crippen molar-refractivity contribution in [1.29, 1.82) is 5.41 Å². The minimum absolute atomic E-state index is 0.0343. The van der Waals surface area contributed by atoms with Crippen molar-refractivity contribution in [2.75, 3.05) is 25.6 Å². The van der Waals surface area contributed by atoms with Crippen LogP contribution in [-0.4, -0.2) is 54.0 Å². The number of halogens is 4. The van der Waals surface area contributed by atoms with Gasteiger partial charge < -0.3 is 20.4 Å². The molecule has 2 atom stereocenters. The van der Waals surface area contributed by atoms with Crippen LogP contribution in [0.2, 0.25) is 0 Å². The van der Waals surface area contributed by atoms with E-state index in [1.165, 1.54) is 17.6 Å². The Morgan fingerprint density at radius 1 is 1.19 bits per heavy atom. The fourth-order valence-corrected chi connectivity index (χ4v) is 5.16. The van der Waals surface area contributed by atoms with Crippen molar-refractivity contribution in [3.63, 3.8) is 0 Å². The smallest absolute Gasteiger partial charge is 0.388 e. The summed E-state index contributed by atoms with van der Waals surface area (Å²) >= 11 is 1.25. The highest BCUT2D eigenvalue weighted by Crippen LogP contribution is 2.39. The number of ether oxygens (including phenoxy) is 1. The maximum Gasteiger partial charge on any atom is 0.416 e. The second-order valence-electron chi connectivity index (χ2n) is 9.48. The number of anilines is 1. The largest absolute Gasteiger partial charge is 0.416 e. The summed E-state index contributed by atoms with van der Waals surface area (Å²) in [6, 6.07) is 2.91. The van der Waals surface area contributed by atoms with Crippen LogP contribution in [-0.2, 0) is 10.9 Å². The molecule has 37 heavy (non-hydrogen) atoms. The van der Waals surface area contributed by atoms with Gasteiger partial charge in [-0.25, -0.2) is 14.4 Å². The van der Waals surface area contributed by atoms with Crippen LogP contribution in [0.25, 0.3) is 21.6 Å². The van der Waals surface area contributed by atoms with Crippen molar-refractivity contribution >= 4 is 33.0 Å². The van der Waals surface area contributed by atoms with Gasteiger partial charge in [0.2, 0.25) is 0 Å². The Labute approximate surface area is 215 Å². The van der Waals surface area contributed by atoms with Crippen LogP contribution in [0.5, 0.6) is 0 Å². The number of rotatable bonds is 7. The van der Waals surface area contributed by atoms with Crippen LogP contribution < -0.4 is 10.2 Å². The summed E-state index contributed by atoms with van der Waals surface area (Å²) in [5.74, 6) is -0.732. The average molecular weight is 535 g/mol. The molecule has 3 aromatic rings. The average Bonchev–Trinajstić information content (AvgIpc) is 3.58. The molecule has 0 radical (unpaired) electrons. The van der Waals surface area contributed by atoms with Gasteiger partial charge in [-0.15, -0.1) is 0 Å². The second-order valence-corrected chi connectivity index (χ2v) is 10.5. The number of alkyl halides is 3. The number of fused-ring (bicyclic) bond motifs is 1. The summed E-state index contributed by atoms with van der Waals surface area (Å²) in [5.41, 5.74) is 0.214. The van der Waals surface area contributed by atoms with Gasteiger partial charge in [-0.05, 0) is 43.9 Å². The van der Waals surface area contributed by atoms with Crippen molar-refractivity contribution in [3.8, 4) is 11.3 Å². The molecule has 3 heterocycles. The Balaban J connectivity index is 1.54. The number of nitrogens with zero attached hydrogens (tertiary/aromatic N) is 4. The molecule has 0 bridgehead atoms. The third-order valence-corrected chi connectivity index (χ3v) is 7.66. The molecule has 1 saturated heterocycles. The summed E-state index contributed by atoms with van der Waals surface area (Å²) in [6.45, 7) is 0.426. The molecule has 1 saturated carbocycles. The Morgan fingerprint density at radius 3 is 2.62 bits per heavy atom. The summed E-state index contributed by atoms with van der Waals surface area (Å²) in [4.78, 5) is 15.7. The number of thiazole rings is 1. The zero-order valence-electron chi connectivity index (χ0n) is 20.3. The normalized spacial score (nSPS) is 20.8. The number of hydrogen-bond donors (Lipinski definition) is 2. The molecule has 1 aliphatic carbocycles. The zero-order chi connectivity index (χ0) is 26.3. The summed E-state index contributed by atoms with van der Waals surface area (Å²) < 4.78 is 60.9. The van der Waals surface area contributed by atoms with Crippen molar-refractivity contribution in [2.45, 2.75) is 49.9 Å². The molecule has 1 aromatic carbocycles. The van der Waals surface area contributed by atoms with Gasteiger partial charge in [-0.2, -0.15) is 18.2 Å². The highest BCUT2D eigenvalue weighted by Gasteiger charge is 2.33. The number of benzene rings is 1. The molecule has 2 aromatic heterocycles. The molecule has 196 valence electrons. The van der Waals surface area contributed by atoms with E-state index >= 15 is 4.39 Å². The van der Waals surface area contributed by atoms with Crippen LogP contribution in [0.3, 0.4) is 0 Å². The van der Waals surface area contributed by atoms with Crippen LogP contribution >= 0.6 is 11.3 Å². The van der Waals surface area contributed by atoms with Crippen LogP contribution in [0, 0.1) is 11.2 Å². The summed E-state index contributed by atoms with van der Waals surface area (Å²) in [7, 11) is 3.63. The van der Waals surface area contributed by atoms with Crippen LogP contribution in [0.1, 0.15) is 43.0 Å². The standard InChI is InChI=1S/C25H26F4N6OS/c1-35(2)24-34-23-21(37-24)20(17-6-3-15(10-18(17)26)25(27,28)29)32-22(33-23)13-7-8-36-19(9-13)14(11-30)12-31-16-4-5-16/h3,6,10-13,16,19,30-31H,4-5,7-9H2,1-2H3/b14-12+,30-11?/t13-,19-/m1/s1. The van der Waals surface area contributed by atoms with Gasteiger partial charge in [-0.3, -0.25) is 0 Å². The fourth-order valence-electron chi connectivity index (χ4n) is 4.23. The quantitative estimate of drug-likeness (QED) is 0.306. The first kappa shape index (κ1) is 25.5. The Hall–Kier alpha value is -3.12. The van der Waals surface area contributed by atoms with E-state index in [9.17, 15) is 13.2 Å². The van der Waals surface area contributed by atoms with Gasteiger partial charge in [0.15, 0.2) is 10.8 Å². The Kier molecular flexibility index (Phi) is 6.88. The maximum atomic E-state index is 15.1. The minimum atomic E-state index is -4.65. The predicted octanol–water partition coefficient (Wildman–Crippen LogP) is 5.53. The zero-order valence-corrected chi connectivity index (χ0v) is 21.1. The van der Waals surface area contributed by atoms with Crippen molar-refractivity contribution in [1.82, 2.24) is 20.3 Å². The van der Waals surface area contributed by atoms with E-state index in [0.29, 0.717) is 52.9 Å². The Bertz CT molecular complexity index is 1350. The molecule has 2 aliphatic rings. The number of nitrogens with one attached hydrogen (secondary N) is 2. The molecule has 7 nitrogen and oxygen atoms in total. The second kappa shape index (κ2) is 9.97. The molecule has 12 heteroatoms. The number of hydrogen-bond acceptors (Lipinski definition) is 8. The van der Waals surface area contributed by atoms with E-state index in [1.807, 2.05) is 20.3 Å². The first-order valence-corrected chi connectivity index (χ1v) is 12.8. The maximum absolute atomic E-state index is 15.1. The lowest BCUT2D eigenvalue weighted by atomic mass is 9.91. The lowest BCUT2D eigenvalue weighted by Gasteiger charge is -2.29. The molecule has 1 aliphatic heterocycles. The molecule has 2 N–H and O–H groups in total. The van der Waals surface area contributed by atoms with Gasteiger partial charge >= 0.3 is 6.18 Å². The molecule has 0 spiro atoms. The van der Waals surface area contributed by atoms with Gasteiger partial charge in [0.1, 0.15) is 16.3 Å². The third-order valence-electron chi connectivity index (χ3n) is 6.44. The van der Waals surface area contributed by atoms with Crippen molar-refractivity contribution in [3.05, 3.63) is 47.2 Å². The topological polar surface area (TPSA) is 87.0 Å². The molecule has 0 amide bonds. The molecular weight excluding hydrogens is 508 g/mol.